The van der Waals surface area contributed by atoms with Crippen LogP contribution in [0.15, 0.2) is 83.0 Å². The fourth-order valence-corrected chi connectivity index (χ4v) is 3.13. The number of ketones is 1. The molecule has 1 N–H and O–H groups in total. The van der Waals surface area contributed by atoms with Gasteiger partial charge in [-0.3, -0.25) is 4.79 Å². The average molecular weight is 302 g/mol. The molecule has 1 atom stereocenters. The molecule has 0 spiro atoms. The third-order valence-electron chi connectivity index (χ3n) is 4.22. The number of carbonyl (C=O) groups is 1. The van der Waals surface area contributed by atoms with Crippen LogP contribution in [-0.2, 0) is 5.60 Å². The zero-order valence-electron chi connectivity index (χ0n) is 12.3. The molecule has 0 unspecified atom stereocenters. The highest BCUT2D eigenvalue weighted by atomic mass is 16.3. The van der Waals surface area contributed by atoms with Crippen LogP contribution in [0.25, 0.3) is 6.08 Å². The number of hydrogen-bond acceptors (Lipinski definition) is 3. The van der Waals surface area contributed by atoms with Crippen LogP contribution >= 0.6 is 0 Å². The number of hydrogen-bond donors (Lipinski definition) is 1. The Labute approximate surface area is 133 Å². The van der Waals surface area contributed by atoms with Crippen LogP contribution in [0.4, 0.5) is 0 Å². The highest BCUT2D eigenvalue weighted by molar-refractivity contribution is 6.18. The van der Waals surface area contributed by atoms with Gasteiger partial charge in [-0.25, -0.2) is 0 Å². The molecule has 4 rings (SSSR count). The molecule has 0 aliphatic heterocycles. The van der Waals surface area contributed by atoms with E-state index in [-0.39, 0.29) is 5.78 Å². The molecular weight excluding hydrogens is 288 g/mol. The van der Waals surface area contributed by atoms with Crippen LogP contribution in [0.2, 0.25) is 0 Å². The molecule has 3 heteroatoms. The summed E-state index contributed by atoms with van der Waals surface area (Å²) in [4.78, 5) is 12.8. The van der Waals surface area contributed by atoms with Gasteiger partial charge < -0.3 is 9.52 Å². The Hall–Kier alpha value is -2.91. The van der Waals surface area contributed by atoms with E-state index in [1.807, 2.05) is 36.4 Å². The Balaban J connectivity index is 2.00. The number of fused-ring (bicyclic) bond motifs is 1. The second-order valence-electron chi connectivity index (χ2n) is 5.52. The quantitative estimate of drug-likeness (QED) is 0.733. The van der Waals surface area contributed by atoms with Crippen molar-refractivity contribution in [2.24, 2.45) is 0 Å². The number of benzene rings is 2. The number of furan rings is 1. The lowest BCUT2D eigenvalue weighted by Crippen LogP contribution is -2.27. The molecule has 3 nitrogen and oxygen atoms in total. The highest BCUT2D eigenvalue weighted by Crippen LogP contribution is 2.46. The molecule has 1 aliphatic carbocycles. The monoisotopic (exact) mass is 302 g/mol. The SMILES string of the molecule is O=C1/C(=C/c2ccco2)[C@@](O)(c2ccccc2)c2ccccc21. The molecule has 2 aromatic carbocycles. The molecule has 0 amide bonds. The highest BCUT2D eigenvalue weighted by Gasteiger charge is 2.47. The van der Waals surface area contributed by atoms with Crippen molar-refractivity contribution in [3.63, 3.8) is 0 Å². The van der Waals surface area contributed by atoms with Crippen molar-refractivity contribution >= 4 is 11.9 Å². The minimum absolute atomic E-state index is 0.177. The molecule has 0 bridgehead atoms. The summed E-state index contributed by atoms with van der Waals surface area (Å²) < 4.78 is 5.33. The van der Waals surface area contributed by atoms with E-state index in [4.69, 9.17) is 4.42 Å². The van der Waals surface area contributed by atoms with Gasteiger partial charge in [-0.05, 0) is 23.8 Å². The Bertz CT molecular complexity index is 892. The van der Waals surface area contributed by atoms with E-state index in [1.165, 1.54) is 0 Å². The summed E-state index contributed by atoms with van der Waals surface area (Å²) in [6.07, 6.45) is 3.16. The second kappa shape index (κ2) is 5.07. The van der Waals surface area contributed by atoms with Crippen molar-refractivity contribution in [2.75, 3.05) is 0 Å². The number of rotatable bonds is 2. The molecule has 112 valence electrons. The lowest BCUT2D eigenvalue weighted by Gasteiger charge is -2.25. The van der Waals surface area contributed by atoms with Crippen molar-refractivity contribution in [3.05, 3.63) is 101 Å². The predicted molar refractivity (Wildman–Crippen MR) is 86.9 cm³/mol. The van der Waals surface area contributed by atoms with Gasteiger partial charge in [0.2, 0.25) is 0 Å². The summed E-state index contributed by atoms with van der Waals surface area (Å²) in [6.45, 7) is 0. The normalized spacial score (nSPS) is 21.6. The lowest BCUT2D eigenvalue weighted by atomic mass is 9.84. The lowest BCUT2D eigenvalue weighted by molar-refractivity contribution is 0.0948. The molecular formula is C20H14O3. The smallest absolute Gasteiger partial charge is 0.193 e. The molecule has 1 aromatic heterocycles. The third kappa shape index (κ3) is 1.98. The first-order valence-electron chi connectivity index (χ1n) is 7.39. The molecule has 1 heterocycles. The van der Waals surface area contributed by atoms with Gasteiger partial charge in [0, 0.05) is 16.7 Å². The summed E-state index contributed by atoms with van der Waals surface area (Å²) in [5, 5.41) is 11.5. The van der Waals surface area contributed by atoms with Gasteiger partial charge in [-0.15, -0.1) is 0 Å². The van der Waals surface area contributed by atoms with E-state index >= 15 is 0 Å². The van der Waals surface area contributed by atoms with Gasteiger partial charge in [0.05, 0.1) is 6.26 Å². The van der Waals surface area contributed by atoms with Crippen molar-refractivity contribution in [1.82, 2.24) is 0 Å². The molecule has 0 saturated carbocycles. The maximum atomic E-state index is 12.8. The van der Waals surface area contributed by atoms with Crippen LogP contribution in [-0.4, -0.2) is 10.9 Å². The second-order valence-corrected chi connectivity index (χ2v) is 5.52. The zero-order chi connectivity index (χ0) is 15.9. The van der Waals surface area contributed by atoms with E-state index in [9.17, 15) is 9.90 Å². The number of carbonyl (C=O) groups excluding carboxylic acids is 1. The minimum Gasteiger partial charge on any atom is -0.465 e. The van der Waals surface area contributed by atoms with Gasteiger partial charge in [0.15, 0.2) is 5.78 Å². The first kappa shape index (κ1) is 13.7. The molecule has 23 heavy (non-hydrogen) atoms. The Morgan fingerprint density at radius 3 is 2.39 bits per heavy atom. The van der Waals surface area contributed by atoms with Crippen molar-refractivity contribution in [3.8, 4) is 0 Å². The molecule has 0 fully saturated rings. The van der Waals surface area contributed by atoms with E-state index in [2.05, 4.69) is 0 Å². The Morgan fingerprint density at radius 1 is 0.913 bits per heavy atom. The van der Waals surface area contributed by atoms with Crippen LogP contribution in [0.3, 0.4) is 0 Å². The standard InChI is InChI=1S/C20H14O3/c21-19-16-10-4-5-11-17(16)20(22,14-7-2-1-3-8-14)18(19)13-15-9-6-12-23-15/h1-13,22H/b18-13-/t20-/m1/s1. The fraction of sp³-hybridized carbons (Fsp3) is 0.0500. The van der Waals surface area contributed by atoms with Crippen LogP contribution in [0.1, 0.15) is 27.2 Å². The third-order valence-corrected chi connectivity index (χ3v) is 4.22. The van der Waals surface area contributed by atoms with Crippen LogP contribution in [0, 0.1) is 0 Å². The minimum atomic E-state index is -1.47. The summed E-state index contributed by atoms with van der Waals surface area (Å²) >= 11 is 0. The summed E-state index contributed by atoms with van der Waals surface area (Å²) in [5.74, 6) is 0.360. The Kier molecular flexibility index (Phi) is 3.03. The molecule has 0 saturated heterocycles. The summed E-state index contributed by atoms with van der Waals surface area (Å²) in [7, 11) is 0. The van der Waals surface area contributed by atoms with Crippen molar-refractivity contribution in [1.29, 1.82) is 0 Å². The zero-order valence-corrected chi connectivity index (χ0v) is 12.3. The van der Waals surface area contributed by atoms with Crippen LogP contribution < -0.4 is 0 Å². The maximum Gasteiger partial charge on any atom is 0.193 e. The molecule has 0 radical (unpaired) electrons. The van der Waals surface area contributed by atoms with Gasteiger partial charge in [-0.2, -0.15) is 0 Å². The van der Waals surface area contributed by atoms with Gasteiger partial charge in [-0.1, -0.05) is 54.6 Å². The van der Waals surface area contributed by atoms with E-state index in [0.29, 0.717) is 28.0 Å². The van der Waals surface area contributed by atoms with Crippen molar-refractivity contribution < 1.29 is 14.3 Å². The molecule has 3 aromatic rings. The largest absolute Gasteiger partial charge is 0.465 e. The number of aliphatic hydroxyl groups is 1. The van der Waals surface area contributed by atoms with E-state index in [1.54, 1.807) is 42.7 Å². The summed E-state index contributed by atoms with van der Waals surface area (Å²) in [6, 6.07) is 19.9. The van der Waals surface area contributed by atoms with E-state index in [0.717, 1.165) is 0 Å². The predicted octanol–water partition coefficient (Wildman–Crippen LogP) is 3.80. The first-order chi connectivity index (χ1) is 11.2. The van der Waals surface area contributed by atoms with Gasteiger partial charge >= 0.3 is 0 Å². The van der Waals surface area contributed by atoms with E-state index < -0.39 is 5.60 Å². The van der Waals surface area contributed by atoms with Gasteiger partial charge in [0.25, 0.3) is 0 Å². The molecule has 1 aliphatic rings. The average Bonchev–Trinajstić information content (AvgIpc) is 3.19. The van der Waals surface area contributed by atoms with Crippen LogP contribution in [0.5, 0.6) is 0 Å². The maximum absolute atomic E-state index is 12.8. The van der Waals surface area contributed by atoms with Gasteiger partial charge in [0.1, 0.15) is 11.4 Å². The number of Topliss-reactive ketones (excluding diaryl/α,β-unsaturated/α-hetero) is 1. The first-order valence-corrected chi connectivity index (χ1v) is 7.39. The fourth-order valence-electron chi connectivity index (χ4n) is 3.13. The Morgan fingerprint density at radius 2 is 1.65 bits per heavy atom. The van der Waals surface area contributed by atoms with Crippen molar-refractivity contribution in [2.45, 2.75) is 5.60 Å². The summed E-state index contributed by atoms with van der Waals surface area (Å²) in [5.41, 5.74) is 0.628. The topological polar surface area (TPSA) is 50.4 Å².